The molecule has 0 bridgehead atoms. The molecule has 0 aromatic heterocycles. The molecule has 1 aromatic carbocycles. The Bertz CT molecular complexity index is 758. The van der Waals surface area contributed by atoms with E-state index in [2.05, 4.69) is 0 Å². The van der Waals surface area contributed by atoms with Crippen LogP contribution in [0.25, 0.3) is 0 Å². The molecular formula is C11H15NO2. The SMILES string of the molecule is [2H]c1c([2H])c2c(c([2H])c1CC([2H])(N([2H])C([2H])([2H])[2H])C([2H])([2H])[2H])OC([2H])([2H])O2. The number of fused-ring (bicyclic) bond motifs is 1. The van der Waals surface area contributed by atoms with Crippen LogP contribution in [0.3, 0.4) is 0 Å². The third-order valence-corrected chi connectivity index (χ3v) is 1.56. The normalized spacial score (nSPS) is 37.1. The summed E-state index contributed by atoms with van der Waals surface area (Å²) >= 11 is 0. The van der Waals surface area contributed by atoms with Crippen molar-refractivity contribution in [2.24, 2.45) is 0 Å². The van der Waals surface area contributed by atoms with Crippen LogP contribution in [0, 0.1) is 0 Å². The summed E-state index contributed by atoms with van der Waals surface area (Å²) in [7, 11) is 0. The molecule has 0 fully saturated rings. The predicted molar refractivity (Wildman–Crippen MR) is 54.8 cm³/mol. The molecule has 3 heteroatoms. The van der Waals surface area contributed by atoms with Gasteiger partial charge in [0.1, 0.15) is 4.15 Å². The molecule has 0 amide bonds. The average Bonchev–Trinajstić information content (AvgIpc) is 2.82. The van der Waals surface area contributed by atoms with Crippen molar-refractivity contribution < 1.29 is 27.3 Å². The summed E-state index contributed by atoms with van der Waals surface area (Å²) in [6.45, 7) is -9.31. The minimum absolute atomic E-state index is 0.403. The summed E-state index contributed by atoms with van der Waals surface area (Å²) in [5, 5.41) is -0.403. The molecule has 76 valence electrons. The van der Waals surface area contributed by atoms with Crippen molar-refractivity contribution in [2.75, 3.05) is 13.7 Å². The Morgan fingerprint density at radius 3 is 3.57 bits per heavy atom. The highest BCUT2D eigenvalue weighted by atomic mass is 16.7. The molecule has 1 aliphatic rings. The third-order valence-electron chi connectivity index (χ3n) is 1.56. The molecule has 3 nitrogen and oxygen atoms in total. The molecule has 2 rings (SSSR count). The van der Waals surface area contributed by atoms with Crippen molar-refractivity contribution in [3.05, 3.63) is 23.7 Å². The maximum atomic E-state index is 8.15. The van der Waals surface area contributed by atoms with Crippen LogP contribution in [0.5, 0.6) is 11.5 Å². The maximum Gasteiger partial charge on any atom is 0.231 e. The van der Waals surface area contributed by atoms with E-state index in [9.17, 15) is 0 Å². The zero-order valence-corrected chi connectivity index (χ0v) is 6.97. The minimum atomic E-state index is -3.32. The Morgan fingerprint density at radius 2 is 2.71 bits per heavy atom. The number of hydrogen-bond acceptors (Lipinski definition) is 3. The van der Waals surface area contributed by atoms with Crippen molar-refractivity contribution >= 4 is 0 Å². The number of ether oxygens (including phenoxy) is 2. The van der Waals surface area contributed by atoms with Gasteiger partial charge in [-0.1, -0.05) is 6.04 Å². The predicted octanol–water partition coefficient (Wildman–Crippen LogP) is 1.57. The Kier molecular flexibility index (Phi) is 0.686. The van der Waals surface area contributed by atoms with Crippen LogP contribution < -0.4 is 14.8 Å². The highest BCUT2D eigenvalue weighted by Gasteiger charge is 2.13. The molecule has 0 aliphatic carbocycles. The lowest BCUT2D eigenvalue weighted by Gasteiger charge is -2.09. The second-order valence-electron chi connectivity index (χ2n) is 2.53. The van der Waals surface area contributed by atoms with E-state index in [1.807, 2.05) is 0 Å². The van der Waals surface area contributed by atoms with Crippen LogP contribution in [0.4, 0.5) is 0 Å². The molecule has 1 aromatic rings. The number of nitrogens with one attached hydrogen (secondary N) is 1. The van der Waals surface area contributed by atoms with Gasteiger partial charge in [0.05, 0.1) is 4.11 Å². The molecule has 1 heterocycles. The Morgan fingerprint density at radius 1 is 1.79 bits per heavy atom. The van der Waals surface area contributed by atoms with Gasteiger partial charge >= 0.3 is 0 Å². The van der Waals surface area contributed by atoms with Gasteiger partial charge in [-0.05, 0) is 37.9 Å². The molecule has 1 N–H and O–H groups in total. The van der Waals surface area contributed by atoms with Crippen molar-refractivity contribution in [3.63, 3.8) is 0 Å². The lowest BCUT2D eigenvalue weighted by molar-refractivity contribution is 0.174. The molecule has 1 unspecified atom stereocenters. The van der Waals surface area contributed by atoms with Gasteiger partial charge in [0.25, 0.3) is 0 Å². The molecule has 0 saturated heterocycles. The standard InChI is InChI=1S/C11H15NO2/c1-8(12-2)5-9-3-4-10-11(6-9)14-7-13-10/h3-4,6,8,12H,5,7H2,1-2H3/i1D3,2D3,3D,4D,6D,7D2,8D/hD. The van der Waals surface area contributed by atoms with Gasteiger partial charge in [-0.15, -0.1) is 0 Å². The van der Waals surface area contributed by atoms with E-state index >= 15 is 0 Å². The van der Waals surface area contributed by atoms with Crippen molar-refractivity contribution in [3.8, 4) is 11.5 Å². The van der Waals surface area contributed by atoms with Gasteiger partial charge in [-0.25, -0.2) is 0 Å². The first-order valence-electron chi connectivity index (χ1n) is 10.2. The highest BCUT2D eigenvalue weighted by molar-refractivity contribution is 5.44. The lowest BCUT2D eigenvalue weighted by Crippen LogP contribution is -2.23. The Labute approximate surface area is 102 Å². The molecule has 1 atom stereocenters. The van der Waals surface area contributed by atoms with Gasteiger partial charge in [0.2, 0.25) is 6.75 Å². The van der Waals surface area contributed by atoms with Gasteiger partial charge in [0.15, 0.2) is 11.5 Å². The van der Waals surface area contributed by atoms with E-state index in [0.29, 0.717) is 0 Å². The van der Waals surface area contributed by atoms with Crippen LogP contribution in [0.2, 0.25) is 1.41 Å². The van der Waals surface area contributed by atoms with E-state index < -0.39 is 73.5 Å². The fourth-order valence-electron chi connectivity index (χ4n) is 0.957. The van der Waals surface area contributed by atoms with Gasteiger partial charge in [0, 0.05) is 15.6 Å². The number of likely N-dealkylation sites (N-methyl/N-ethyl adjacent to an activating group) is 1. The fraction of sp³-hybridized carbons (Fsp3) is 0.455. The van der Waals surface area contributed by atoms with Crippen LogP contribution in [-0.4, -0.2) is 19.7 Å². The fourth-order valence-corrected chi connectivity index (χ4v) is 0.957. The zero-order valence-electron chi connectivity index (χ0n) is 20.0. The third kappa shape index (κ3) is 1.82. The van der Waals surface area contributed by atoms with Crippen molar-refractivity contribution in [1.82, 2.24) is 5.31 Å². The molecular weight excluding hydrogens is 178 g/mol. The Hall–Kier alpha value is -1.22. The molecule has 0 spiro atoms. The van der Waals surface area contributed by atoms with Crippen LogP contribution in [-0.2, 0) is 6.42 Å². The molecule has 14 heavy (non-hydrogen) atoms. The van der Waals surface area contributed by atoms with E-state index in [4.69, 9.17) is 27.3 Å². The first kappa shape index (κ1) is 2.47. The van der Waals surface area contributed by atoms with E-state index in [1.165, 1.54) is 0 Å². The summed E-state index contributed by atoms with van der Waals surface area (Å²) in [5.41, 5.74) is -0.548. The van der Waals surface area contributed by atoms with Crippen LogP contribution in [0.15, 0.2) is 18.1 Å². The van der Waals surface area contributed by atoms with E-state index in [0.717, 1.165) is 0 Å². The number of rotatable bonds is 3. The average molecular weight is 206 g/mol. The minimum Gasteiger partial charge on any atom is -0.454 e. The van der Waals surface area contributed by atoms with E-state index in [-0.39, 0.29) is 0 Å². The van der Waals surface area contributed by atoms with Crippen molar-refractivity contribution in [1.29, 1.82) is 0 Å². The monoisotopic (exact) mass is 206 g/mol. The first-order chi connectivity index (χ1) is 11.9. The second kappa shape index (κ2) is 3.88. The second-order valence-corrected chi connectivity index (χ2v) is 2.53. The smallest absolute Gasteiger partial charge is 0.231 e. The summed E-state index contributed by atoms with van der Waals surface area (Å²) in [6, 6.07) is -5.26. The summed E-state index contributed by atoms with van der Waals surface area (Å²) in [5.74, 6) is -1.09. The number of benzene rings is 1. The van der Waals surface area contributed by atoms with Crippen LogP contribution in [0.1, 0.15) is 28.9 Å². The zero-order chi connectivity index (χ0) is 21.2. The first-order valence-corrected chi connectivity index (χ1v) is 3.72. The topological polar surface area (TPSA) is 30.5 Å². The number of hydrogen-bond donors (Lipinski definition) is 1. The van der Waals surface area contributed by atoms with Gasteiger partial charge in [-0.3, -0.25) is 0 Å². The summed E-state index contributed by atoms with van der Waals surface area (Å²) in [6.07, 6.45) is -1.09. The highest BCUT2D eigenvalue weighted by Crippen LogP contribution is 2.32. The largest absolute Gasteiger partial charge is 0.454 e. The summed E-state index contributed by atoms with van der Waals surface area (Å²) in [4.78, 5) is 0. The van der Waals surface area contributed by atoms with E-state index in [1.54, 1.807) is 0 Å². The quantitative estimate of drug-likeness (QED) is 0.814. The lowest BCUT2D eigenvalue weighted by atomic mass is 10.1. The van der Waals surface area contributed by atoms with Gasteiger partial charge < -0.3 is 14.8 Å². The molecule has 0 saturated carbocycles. The maximum absolute atomic E-state index is 8.15. The Balaban J connectivity index is 2.64. The van der Waals surface area contributed by atoms with Gasteiger partial charge in [-0.2, -0.15) is 0 Å². The summed E-state index contributed by atoms with van der Waals surface area (Å²) < 4.78 is 108. The van der Waals surface area contributed by atoms with Crippen LogP contribution >= 0.6 is 0 Å². The molecule has 0 radical (unpaired) electrons. The van der Waals surface area contributed by atoms with Crippen molar-refractivity contribution in [2.45, 2.75) is 19.3 Å². The molecule has 1 aliphatic heterocycles.